The molecule has 1 heterocycles. The fourth-order valence-corrected chi connectivity index (χ4v) is 2.18. The standard InChI is InChI=1S/C15H20N2O3/c1-15(2)14(19)17(13(18)10-16-15)9-8-11-4-6-12(20-3)7-5-11/h4-7,16H,8-10H2,1-3H3. The van der Waals surface area contributed by atoms with Crippen molar-refractivity contribution in [3.8, 4) is 5.75 Å². The van der Waals surface area contributed by atoms with Crippen molar-refractivity contribution in [3.05, 3.63) is 29.8 Å². The molecule has 0 radical (unpaired) electrons. The zero-order chi connectivity index (χ0) is 14.8. The number of nitrogens with zero attached hydrogens (tertiary/aromatic N) is 1. The molecule has 0 atom stereocenters. The van der Waals surface area contributed by atoms with Gasteiger partial charge in [-0.3, -0.25) is 19.8 Å². The molecular formula is C15H20N2O3. The topological polar surface area (TPSA) is 58.6 Å². The predicted molar refractivity (Wildman–Crippen MR) is 75.5 cm³/mol. The number of carbonyl (C=O) groups excluding carboxylic acids is 2. The van der Waals surface area contributed by atoms with Gasteiger partial charge in [-0.05, 0) is 38.0 Å². The van der Waals surface area contributed by atoms with Crippen molar-refractivity contribution < 1.29 is 14.3 Å². The average Bonchev–Trinajstić information content (AvgIpc) is 2.44. The molecule has 2 amide bonds. The SMILES string of the molecule is COc1ccc(CCN2C(=O)CNC(C)(C)C2=O)cc1. The summed E-state index contributed by atoms with van der Waals surface area (Å²) in [6.07, 6.45) is 0.650. The zero-order valence-corrected chi connectivity index (χ0v) is 12.1. The third-order valence-corrected chi connectivity index (χ3v) is 3.55. The summed E-state index contributed by atoms with van der Waals surface area (Å²) in [5.41, 5.74) is 0.399. The number of methoxy groups -OCH3 is 1. The molecule has 0 bridgehead atoms. The van der Waals surface area contributed by atoms with Gasteiger partial charge in [0.2, 0.25) is 11.8 Å². The average molecular weight is 276 g/mol. The lowest BCUT2D eigenvalue weighted by molar-refractivity contribution is -0.152. The fourth-order valence-electron chi connectivity index (χ4n) is 2.18. The van der Waals surface area contributed by atoms with E-state index in [1.54, 1.807) is 21.0 Å². The summed E-state index contributed by atoms with van der Waals surface area (Å²) in [4.78, 5) is 25.4. The minimum Gasteiger partial charge on any atom is -0.497 e. The summed E-state index contributed by atoms with van der Waals surface area (Å²) in [6.45, 7) is 4.21. The lowest BCUT2D eigenvalue weighted by atomic mass is 10.00. The van der Waals surface area contributed by atoms with Crippen LogP contribution >= 0.6 is 0 Å². The van der Waals surface area contributed by atoms with Crippen molar-refractivity contribution in [2.75, 3.05) is 20.2 Å². The number of nitrogens with one attached hydrogen (secondary N) is 1. The van der Waals surface area contributed by atoms with Crippen molar-refractivity contribution >= 4 is 11.8 Å². The number of carbonyl (C=O) groups is 2. The van der Waals surface area contributed by atoms with Crippen LogP contribution in [0.15, 0.2) is 24.3 Å². The molecule has 0 aromatic heterocycles. The molecule has 5 heteroatoms. The molecular weight excluding hydrogens is 256 g/mol. The highest BCUT2D eigenvalue weighted by molar-refractivity contribution is 6.03. The monoisotopic (exact) mass is 276 g/mol. The quantitative estimate of drug-likeness (QED) is 0.833. The van der Waals surface area contributed by atoms with Crippen LogP contribution < -0.4 is 10.1 Å². The van der Waals surface area contributed by atoms with Crippen molar-refractivity contribution in [1.82, 2.24) is 10.2 Å². The summed E-state index contributed by atoms with van der Waals surface area (Å²) in [6, 6.07) is 7.64. The molecule has 0 unspecified atom stereocenters. The molecule has 1 aliphatic rings. The Balaban J connectivity index is 2.01. The highest BCUT2D eigenvalue weighted by Crippen LogP contribution is 2.15. The third kappa shape index (κ3) is 2.99. The van der Waals surface area contributed by atoms with Gasteiger partial charge in [0.15, 0.2) is 0 Å². The molecule has 108 valence electrons. The number of amides is 2. The maximum Gasteiger partial charge on any atom is 0.248 e. The Morgan fingerprint density at radius 2 is 1.90 bits per heavy atom. The van der Waals surface area contributed by atoms with E-state index >= 15 is 0 Å². The third-order valence-electron chi connectivity index (χ3n) is 3.55. The molecule has 0 spiro atoms. The van der Waals surface area contributed by atoms with Gasteiger partial charge in [-0.15, -0.1) is 0 Å². The van der Waals surface area contributed by atoms with Crippen molar-refractivity contribution in [2.24, 2.45) is 0 Å². The molecule has 1 N–H and O–H groups in total. The summed E-state index contributed by atoms with van der Waals surface area (Å²) >= 11 is 0. The van der Waals surface area contributed by atoms with Gasteiger partial charge in [-0.25, -0.2) is 0 Å². The minimum atomic E-state index is -0.673. The molecule has 0 saturated carbocycles. The highest BCUT2D eigenvalue weighted by Gasteiger charge is 2.39. The molecule has 2 rings (SSSR count). The van der Waals surface area contributed by atoms with Gasteiger partial charge >= 0.3 is 0 Å². The van der Waals surface area contributed by atoms with Crippen molar-refractivity contribution in [3.63, 3.8) is 0 Å². The van der Waals surface area contributed by atoms with E-state index in [9.17, 15) is 9.59 Å². The smallest absolute Gasteiger partial charge is 0.248 e. The van der Waals surface area contributed by atoms with E-state index in [2.05, 4.69) is 5.32 Å². The van der Waals surface area contributed by atoms with E-state index in [1.807, 2.05) is 24.3 Å². The first-order chi connectivity index (χ1) is 9.44. The van der Waals surface area contributed by atoms with Gasteiger partial charge in [0, 0.05) is 6.54 Å². The zero-order valence-electron chi connectivity index (χ0n) is 12.1. The predicted octanol–water partition coefficient (Wildman–Crippen LogP) is 0.975. The van der Waals surface area contributed by atoms with Crippen LogP contribution in [0.3, 0.4) is 0 Å². The number of hydrogen-bond acceptors (Lipinski definition) is 4. The van der Waals surface area contributed by atoms with Gasteiger partial charge < -0.3 is 4.74 Å². The maximum absolute atomic E-state index is 12.2. The number of benzene rings is 1. The van der Waals surface area contributed by atoms with Gasteiger partial charge in [0.25, 0.3) is 0 Å². The summed E-state index contributed by atoms with van der Waals surface area (Å²) in [7, 11) is 1.62. The van der Waals surface area contributed by atoms with Crippen LogP contribution in [0.1, 0.15) is 19.4 Å². The number of ether oxygens (including phenoxy) is 1. The van der Waals surface area contributed by atoms with Gasteiger partial charge in [0.1, 0.15) is 5.75 Å². The van der Waals surface area contributed by atoms with Crippen LogP contribution in [0, 0.1) is 0 Å². The lowest BCUT2D eigenvalue weighted by Crippen LogP contribution is -2.63. The number of imide groups is 1. The molecule has 1 saturated heterocycles. The largest absolute Gasteiger partial charge is 0.497 e. The lowest BCUT2D eigenvalue weighted by Gasteiger charge is -2.36. The number of piperazine rings is 1. The summed E-state index contributed by atoms with van der Waals surface area (Å²) in [5, 5.41) is 2.94. The minimum absolute atomic E-state index is 0.164. The van der Waals surface area contributed by atoms with Gasteiger partial charge in [0.05, 0.1) is 19.2 Å². The molecule has 0 aliphatic carbocycles. The first-order valence-corrected chi connectivity index (χ1v) is 6.67. The van der Waals surface area contributed by atoms with Crippen molar-refractivity contribution in [1.29, 1.82) is 0 Å². The first-order valence-electron chi connectivity index (χ1n) is 6.67. The molecule has 1 aromatic rings. The second kappa shape index (κ2) is 5.63. The Kier molecular flexibility index (Phi) is 4.09. The molecule has 1 aromatic carbocycles. The second-order valence-corrected chi connectivity index (χ2v) is 5.43. The molecule has 1 aliphatic heterocycles. The Bertz CT molecular complexity index is 508. The van der Waals surface area contributed by atoms with E-state index in [-0.39, 0.29) is 18.4 Å². The van der Waals surface area contributed by atoms with E-state index in [0.29, 0.717) is 13.0 Å². The fraction of sp³-hybridized carbons (Fsp3) is 0.467. The molecule has 1 fully saturated rings. The van der Waals surface area contributed by atoms with Crippen LogP contribution in [-0.4, -0.2) is 42.5 Å². The van der Waals surface area contributed by atoms with Gasteiger partial charge in [-0.2, -0.15) is 0 Å². The maximum atomic E-state index is 12.2. The van der Waals surface area contributed by atoms with Crippen LogP contribution in [0.2, 0.25) is 0 Å². The molecule has 5 nitrogen and oxygen atoms in total. The van der Waals surface area contributed by atoms with Crippen LogP contribution in [0.5, 0.6) is 5.75 Å². The Morgan fingerprint density at radius 3 is 2.50 bits per heavy atom. The summed E-state index contributed by atoms with van der Waals surface area (Å²) in [5.74, 6) is 0.467. The summed E-state index contributed by atoms with van der Waals surface area (Å²) < 4.78 is 5.10. The Morgan fingerprint density at radius 1 is 1.25 bits per heavy atom. The number of hydrogen-bond donors (Lipinski definition) is 1. The van der Waals surface area contributed by atoms with Crippen molar-refractivity contribution in [2.45, 2.75) is 25.8 Å². The van der Waals surface area contributed by atoms with E-state index in [4.69, 9.17) is 4.74 Å². The van der Waals surface area contributed by atoms with Crippen LogP contribution in [0.4, 0.5) is 0 Å². The van der Waals surface area contributed by atoms with Crippen LogP contribution in [-0.2, 0) is 16.0 Å². The van der Waals surface area contributed by atoms with E-state index in [1.165, 1.54) is 4.90 Å². The van der Waals surface area contributed by atoms with E-state index < -0.39 is 5.54 Å². The van der Waals surface area contributed by atoms with E-state index in [0.717, 1.165) is 11.3 Å². The second-order valence-electron chi connectivity index (χ2n) is 5.43. The first kappa shape index (κ1) is 14.5. The molecule has 20 heavy (non-hydrogen) atoms. The normalized spacial score (nSPS) is 18.2. The van der Waals surface area contributed by atoms with Crippen LogP contribution in [0.25, 0.3) is 0 Å². The Labute approximate surface area is 118 Å². The van der Waals surface area contributed by atoms with Gasteiger partial charge in [-0.1, -0.05) is 12.1 Å². The number of rotatable bonds is 4. The highest BCUT2D eigenvalue weighted by atomic mass is 16.5. The Hall–Kier alpha value is -1.88.